The van der Waals surface area contributed by atoms with E-state index >= 15 is 0 Å². The zero-order valence-corrected chi connectivity index (χ0v) is 30.7. The molecule has 2 N–H and O–H groups in total. The van der Waals surface area contributed by atoms with Gasteiger partial charge in [-0.25, -0.2) is 0 Å². The van der Waals surface area contributed by atoms with Gasteiger partial charge in [-0.3, -0.25) is 9.88 Å². The van der Waals surface area contributed by atoms with Crippen LogP contribution in [0.2, 0.25) is 5.02 Å². The summed E-state index contributed by atoms with van der Waals surface area (Å²) in [5.74, 6) is 1.96. The zero-order valence-electron chi connectivity index (χ0n) is 30.0. The molecule has 1 fully saturated rings. The number of ether oxygens (including phenoxy) is 3. The van der Waals surface area contributed by atoms with Gasteiger partial charge in [-0.1, -0.05) is 41.9 Å². The van der Waals surface area contributed by atoms with Crippen molar-refractivity contribution in [3.05, 3.63) is 105 Å². The topological polar surface area (TPSA) is 111 Å². The first-order chi connectivity index (χ1) is 24.8. The van der Waals surface area contributed by atoms with E-state index in [9.17, 15) is 15.5 Å². The number of hydrogen-bond acceptors (Lipinski definition) is 9. The number of benzene rings is 3. The predicted octanol–water partition coefficient (Wildman–Crippen LogP) is 7.01. The molecule has 0 spiro atoms. The molecule has 0 bridgehead atoms. The Morgan fingerprint density at radius 3 is 2.27 bits per heavy atom. The van der Waals surface area contributed by atoms with E-state index in [4.69, 9.17) is 25.8 Å². The van der Waals surface area contributed by atoms with E-state index in [1.807, 2.05) is 17.9 Å². The highest BCUT2D eigenvalue weighted by Crippen LogP contribution is 2.39. The summed E-state index contributed by atoms with van der Waals surface area (Å²) in [6.07, 6.45) is 6.79. The third kappa shape index (κ3) is 10.0. The van der Waals surface area contributed by atoms with E-state index in [0.29, 0.717) is 54.9 Å². The summed E-state index contributed by atoms with van der Waals surface area (Å²) >= 11 is 6.96. The summed E-state index contributed by atoms with van der Waals surface area (Å²) in [6.45, 7) is 11.9. The third-order valence-electron chi connectivity index (χ3n) is 9.57. The molecule has 1 aromatic heterocycles. The number of aliphatic hydroxyl groups excluding tert-OH is 2. The molecule has 0 unspecified atom stereocenters. The molecular weight excluding hydrogens is 664 g/mol. The van der Waals surface area contributed by atoms with E-state index < -0.39 is 0 Å². The fourth-order valence-corrected chi connectivity index (χ4v) is 6.82. The number of nitriles is 1. The Morgan fingerprint density at radius 1 is 0.843 bits per heavy atom. The molecule has 0 radical (unpaired) electrons. The molecule has 1 aliphatic rings. The molecule has 0 aliphatic carbocycles. The number of pyridine rings is 1. The average molecular weight is 713 g/mol. The maximum absolute atomic E-state index is 9.64. The molecule has 4 aromatic rings. The van der Waals surface area contributed by atoms with Gasteiger partial charge in [-0.05, 0) is 98.6 Å². The molecule has 0 amide bonds. The van der Waals surface area contributed by atoms with Gasteiger partial charge in [0.25, 0.3) is 0 Å². The molecule has 270 valence electrons. The normalized spacial score (nSPS) is 13.1. The van der Waals surface area contributed by atoms with Crippen LogP contribution in [0.15, 0.2) is 60.9 Å². The molecule has 2 heterocycles. The second kappa shape index (κ2) is 18.9. The van der Waals surface area contributed by atoms with E-state index in [2.05, 4.69) is 60.1 Å². The van der Waals surface area contributed by atoms with Gasteiger partial charge in [-0.2, -0.15) is 5.26 Å². The lowest BCUT2D eigenvalue weighted by molar-refractivity contribution is 0.154. The zero-order chi connectivity index (χ0) is 36.2. The van der Waals surface area contributed by atoms with Crippen LogP contribution in [0.1, 0.15) is 58.2 Å². The lowest BCUT2D eigenvalue weighted by atomic mass is 9.93. The molecule has 9 nitrogen and oxygen atoms in total. The molecule has 3 aromatic carbocycles. The smallest absolute Gasteiger partial charge is 0.142 e. The maximum atomic E-state index is 9.64. The van der Waals surface area contributed by atoms with Crippen molar-refractivity contribution < 1.29 is 24.4 Å². The van der Waals surface area contributed by atoms with Crippen molar-refractivity contribution in [1.82, 2.24) is 14.8 Å². The Morgan fingerprint density at radius 2 is 1.55 bits per heavy atom. The Kier molecular flexibility index (Phi) is 14.1. The predicted molar refractivity (Wildman–Crippen MR) is 200 cm³/mol. The molecule has 0 saturated carbocycles. The number of nitrogens with zero attached hydrogens (tertiary/aromatic N) is 4. The fourth-order valence-electron chi connectivity index (χ4n) is 6.59. The number of halogens is 1. The number of hydrogen-bond donors (Lipinski definition) is 2. The minimum atomic E-state index is -0.0507. The van der Waals surface area contributed by atoms with Crippen molar-refractivity contribution in [2.24, 2.45) is 0 Å². The van der Waals surface area contributed by atoms with Gasteiger partial charge in [0.15, 0.2) is 0 Å². The van der Waals surface area contributed by atoms with Crippen LogP contribution < -0.4 is 14.2 Å². The molecule has 51 heavy (non-hydrogen) atoms. The molecule has 1 aliphatic heterocycles. The highest BCUT2D eigenvalue weighted by Gasteiger charge is 2.20. The van der Waals surface area contributed by atoms with Crippen LogP contribution in [-0.2, 0) is 19.8 Å². The van der Waals surface area contributed by atoms with Gasteiger partial charge in [0.2, 0.25) is 0 Å². The molecule has 5 rings (SSSR count). The van der Waals surface area contributed by atoms with Gasteiger partial charge < -0.3 is 29.3 Å². The lowest BCUT2D eigenvalue weighted by Gasteiger charge is -2.25. The fraction of sp³-hybridized carbons (Fsp3) is 0.415. The SMILES string of the molecule is Cc1c(COc2cc(OCc3cncc(C#N)c3)c(CN(CCO)CCO)c(C)c2Cl)cccc1-c1cccc(OCCCN2CCCC2)c1C. The van der Waals surface area contributed by atoms with Gasteiger partial charge >= 0.3 is 0 Å². The van der Waals surface area contributed by atoms with Crippen molar-refractivity contribution >= 4 is 11.6 Å². The number of rotatable bonds is 18. The quantitative estimate of drug-likeness (QED) is 0.105. The second-order valence-electron chi connectivity index (χ2n) is 13.1. The molecular formula is C41H49ClN4O5. The highest BCUT2D eigenvalue weighted by molar-refractivity contribution is 6.33. The minimum Gasteiger partial charge on any atom is -0.493 e. The van der Waals surface area contributed by atoms with E-state index in [1.165, 1.54) is 32.1 Å². The van der Waals surface area contributed by atoms with Crippen molar-refractivity contribution in [3.8, 4) is 34.4 Å². The van der Waals surface area contributed by atoms with Crippen molar-refractivity contribution in [3.63, 3.8) is 0 Å². The van der Waals surface area contributed by atoms with Crippen molar-refractivity contribution in [2.75, 3.05) is 52.5 Å². The van der Waals surface area contributed by atoms with Crippen LogP contribution in [0.4, 0.5) is 0 Å². The standard InChI is InChI=1S/C41H49ClN4O5/c1-29-34(9-6-10-35(29)36-11-7-12-38(30(36)2)49-20-8-15-45-13-4-5-14-45)28-51-40-22-39(50-27-33-21-32(23-43)24-44-25-33)37(31(3)41(40)42)26-46(16-18-47)17-19-48/h6-7,9-12,21-22,24-25,47-48H,4-5,8,13-20,26-28H2,1-3H3. The minimum absolute atomic E-state index is 0.0507. The van der Waals surface area contributed by atoms with Crippen LogP contribution in [0.5, 0.6) is 17.2 Å². The number of likely N-dealkylation sites (tertiary alicyclic amines) is 1. The molecule has 10 heteroatoms. The molecule has 0 atom stereocenters. The summed E-state index contributed by atoms with van der Waals surface area (Å²) in [5.41, 5.74) is 8.31. The van der Waals surface area contributed by atoms with Gasteiger partial charge in [0, 0.05) is 55.8 Å². The van der Waals surface area contributed by atoms with E-state index in [1.54, 1.807) is 18.3 Å². The summed E-state index contributed by atoms with van der Waals surface area (Å²) in [7, 11) is 0. The first kappa shape index (κ1) is 38.1. The van der Waals surface area contributed by atoms with Crippen molar-refractivity contribution in [1.29, 1.82) is 5.26 Å². The first-order valence-corrected chi connectivity index (χ1v) is 18.1. The molecule has 1 saturated heterocycles. The lowest BCUT2D eigenvalue weighted by Crippen LogP contribution is -2.30. The Hall–Kier alpha value is -4.17. The summed E-state index contributed by atoms with van der Waals surface area (Å²) in [5, 5.41) is 29.1. The number of aromatic nitrogens is 1. The highest BCUT2D eigenvalue weighted by atomic mass is 35.5. The van der Waals surface area contributed by atoms with Crippen LogP contribution in [0, 0.1) is 32.1 Å². The summed E-state index contributed by atoms with van der Waals surface area (Å²) < 4.78 is 19.0. The third-order valence-corrected chi connectivity index (χ3v) is 10.0. The summed E-state index contributed by atoms with van der Waals surface area (Å²) in [6, 6.07) is 18.2. The van der Waals surface area contributed by atoms with Crippen molar-refractivity contribution in [2.45, 2.75) is 59.8 Å². The van der Waals surface area contributed by atoms with E-state index in [0.717, 1.165) is 63.2 Å². The van der Waals surface area contributed by atoms with Crippen LogP contribution >= 0.6 is 11.6 Å². The van der Waals surface area contributed by atoms with E-state index in [-0.39, 0.29) is 19.8 Å². The Balaban J connectivity index is 1.35. The first-order valence-electron chi connectivity index (χ1n) is 17.7. The van der Waals surface area contributed by atoms with Crippen LogP contribution in [0.25, 0.3) is 11.1 Å². The van der Waals surface area contributed by atoms with Crippen LogP contribution in [0.3, 0.4) is 0 Å². The second-order valence-corrected chi connectivity index (χ2v) is 13.4. The Labute approximate surface area is 307 Å². The number of aliphatic hydroxyl groups is 2. The van der Waals surface area contributed by atoms with Crippen LogP contribution in [-0.4, -0.2) is 77.5 Å². The average Bonchev–Trinajstić information content (AvgIpc) is 3.66. The van der Waals surface area contributed by atoms with Gasteiger partial charge in [0.05, 0.1) is 30.4 Å². The maximum Gasteiger partial charge on any atom is 0.142 e. The summed E-state index contributed by atoms with van der Waals surface area (Å²) in [4.78, 5) is 8.61. The monoisotopic (exact) mass is 712 g/mol. The van der Waals surface area contributed by atoms with Gasteiger partial charge in [-0.15, -0.1) is 0 Å². The Bertz CT molecular complexity index is 1800. The van der Waals surface area contributed by atoms with Gasteiger partial charge in [0.1, 0.15) is 36.5 Å². The largest absolute Gasteiger partial charge is 0.493 e.